The molecule has 8 nitrogen and oxygen atoms in total. The molecular formula is C26H38N2O6SSi. The number of aryl methyl sites for hydroxylation is 1. The number of esters is 1. The fourth-order valence-electron chi connectivity index (χ4n) is 3.68. The Morgan fingerprint density at radius 1 is 1.11 bits per heavy atom. The fraction of sp³-hybridized carbons (Fsp3) is 0.538. The second-order valence-electron chi connectivity index (χ2n) is 11.8. The zero-order chi connectivity index (χ0) is 27.2. The minimum atomic E-state index is -3.94. The summed E-state index contributed by atoms with van der Waals surface area (Å²) in [5.74, 6) is -0.0971. The van der Waals surface area contributed by atoms with E-state index in [1.807, 2.05) is 20.0 Å². The Morgan fingerprint density at radius 3 is 2.22 bits per heavy atom. The smallest absolute Gasteiger partial charge is 0.341 e. The molecule has 36 heavy (non-hydrogen) atoms. The van der Waals surface area contributed by atoms with Gasteiger partial charge < -0.3 is 13.6 Å². The normalized spacial score (nSPS) is 21.2. The van der Waals surface area contributed by atoms with Gasteiger partial charge in [0.1, 0.15) is 23.2 Å². The number of rotatable bonds is 6. The highest BCUT2D eigenvalue weighted by atomic mass is 32.2. The van der Waals surface area contributed by atoms with E-state index in [0.717, 1.165) is 5.56 Å². The quantitative estimate of drug-likeness (QED) is 0.387. The first kappa shape index (κ1) is 28.1. The van der Waals surface area contributed by atoms with Crippen LogP contribution in [-0.2, 0) is 24.0 Å². The van der Waals surface area contributed by atoms with Crippen molar-refractivity contribution < 1.29 is 26.8 Å². The first-order valence-corrected chi connectivity index (χ1v) is 16.4. The number of hydrogen-bond donors (Lipinski definition) is 1. The molecule has 3 rings (SSSR count). The van der Waals surface area contributed by atoms with Gasteiger partial charge in [0.05, 0.1) is 11.2 Å². The number of sulfonamides is 1. The van der Waals surface area contributed by atoms with Gasteiger partial charge >= 0.3 is 5.97 Å². The second kappa shape index (κ2) is 9.46. The molecular weight excluding hydrogens is 496 g/mol. The molecule has 2 atom stereocenters. The van der Waals surface area contributed by atoms with E-state index in [2.05, 4.69) is 30.5 Å². The number of carbonyl (C=O) groups is 1. The molecule has 0 aliphatic carbocycles. The monoisotopic (exact) mass is 534 g/mol. The van der Waals surface area contributed by atoms with Crippen LogP contribution in [0.4, 0.5) is 0 Å². The highest BCUT2D eigenvalue weighted by molar-refractivity contribution is 7.90. The number of nitrogens with zero attached hydrogens (tertiary/aromatic N) is 1. The molecule has 0 bridgehead atoms. The van der Waals surface area contributed by atoms with E-state index >= 15 is 0 Å². The van der Waals surface area contributed by atoms with E-state index in [1.54, 1.807) is 45.0 Å². The molecule has 10 heteroatoms. The maximum atomic E-state index is 13.9. The van der Waals surface area contributed by atoms with Crippen LogP contribution < -0.4 is 4.72 Å². The summed E-state index contributed by atoms with van der Waals surface area (Å²) < 4.78 is 47.3. The van der Waals surface area contributed by atoms with Crippen molar-refractivity contribution in [3.63, 3.8) is 0 Å². The average molecular weight is 535 g/mol. The Morgan fingerprint density at radius 2 is 1.72 bits per heavy atom. The molecule has 1 aromatic heterocycles. The van der Waals surface area contributed by atoms with Gasteiger partial charge in [-0.3, -0.25) is 9.71 Å². The third-order valence-electron chi connectivity index (χ3n) is 6.54. The SMILES string of the molecule is Cc1ccc(S(=O)(=O)NC2=N[C@H](c3ccco3)[C@@](O[Si](C)(C)C(C)(C)C)(C(=O)OC(C)(C)C)C2)cc1. The molecule has 2 aromatic rings. The standard InChI is InChI=1S/C26H38N2O6SSi/c1-18-12-14-19(15-13-18)35(30,31)28-21-17-26(23(29)33-24(2,3)4,34-36(8,9)25(5,6)7)22(27-21)20-11-10-16-32-20/h10-16,22H,17H2,1-9H3,(H,27,28)/t22-,26-/m1/s1. The van der Waals surface area contributed by atoms with Gasteiger partial charge in [-0.2, -0.15) is 0 Å². The van der Waals surface area contributed by atoms with Crippen LogP contribution in [0.25, 0.3) is 0 Å². The van der Waals surface area contributed by atoms with E-state index in [-0.39, 0.29) is 22.2 Å². The molecule has 0 spiro atoms. The van der Waals surface area contributed by atoms with Crippen molar-refractivity contribution in [3.05, 3.63) is 54.0 Å². The molecule has 1 aromatic carbocycles. The Hall–Kier alpha value is -2.43. The van der Waals surface area contributed by atoms with Gasteiger partial charge in [-0.1, -0.05) is 38.5 Å². The minimum Gasteiger partial charge on any atom is -0.467 e. The molecule has 1 aliphatic rings. The molecule has 1 N–H and O–H groups in total. The lowest BCUT2D eigenvalue weighted by atomic mass is 9.91. The molecule has 0 unspecified atom stereocenters. The van der Waals surface area contributed by atoms with E-state index < -0.39 is 41.6 Å². The number of benzene rings is 1. The maximum Gasteiger partial charge on any atom is 0.341 e. The van der Waals surface area contributed by atoms with Crippen LogP contribution in [0, 0.1) is 6.92 Å². The third-order valence-corrected chi connectivity index (χ3v) is 12.4. The molecule has 1 aliphatic heterocycles. The zero-order valence-corrected chi connectivity index (χ0v) is 24.4. The summed E-state index contributed by atoms with van der Waals surface area (Å²) in [6, 6.07) is 9.00. The zero-order valence-electron chi connectivity index (χ0n) is 22.6. The van der Waals surface area contributed by atoms with Crippen molar-refractivity contribution in [1.29, 1.82) is 0 Å². The number of furan rings is 1. The number of hydrogen-bond acceptors (Lipinski definition) is 7. The van der Waals surface area contributed by atoms with Gasteiger partial charge in [-0.25, -0.2) is 13.2 Å². The van der Waals surface area contributed by atoms with Crippen molar-refractivity contribution >= 4 is 30.1 Å². The van der Waals surface area contributed by atoms with Crippen molar-refractivity contribution in [1.82, 2.24) is 4.72 Å². The highest BCUT2D eigenvalue weighted by Gasteiger charge is 2.60. The highest BCUT2D eigenvalue weighted by Crippen LogP contribution is 2.48. The predicted octanol–water partition coefficient (Wildman–Crippen LogP) is 5.51. The first-order valence-electron chi connectivity index (χ1n) is 12.0. The minimum absolute atomic E-state index is 0.102. The summed E-state index contributed by atoms with van der Waals surface area (Å²) >= 11 is 0. The van der Waals surface area contributed by atoms with Crippen LogP contribution >= 0.6 is 0 Å². The van der Waals surface area contributed by atoms with Crippen LogP contribution in [0.1, 0.15) is 65.3 Å². The largest absolute Gasteiger partial charge is 0.467 e. The lowest BCUT2D eigenvalue weighted by Gasteiger charge is -2.44. The van der Waals surface area contributed by atoms with Gasteiger partial charge in [-0.05, 0) is 70.1 Å². The lowest BCUT2D eigenvalue weighted by Crippen LogP contribution is -2.57. The number of nitrogens with one attached hydrogen (secondary N) is 1. The van der Waals surface area contributed by atoms with Crippen LogP contribution in [0.5, 0.6) is 0 Å². The molecule has 198 valence electrons. The molecule has 0 saturated heterocycles. The summed E-state index contributed by atoms with van der Waals surface area (Å²) in [5, 5.41) is -0.236. The summed E-state index contributed by atoms with van der Waals surface area (Å²) in [6.45, 7) is 17.5. The Kier molecular flexibility index (Phi) is 7.40. The number of amidine groups is 1. The van der Waals surface area contributed by atoms with Gasteiger partial charge in [0.15, 0.2) is 13.9 Å². The Balaban J connectivity index is 2.10. The van der Waals surface area contributed by atoms with E-state index in [9.17, 15) is 13.2 Å². The molecule has 0 fully saturated rings. The Labute approximate surface area is 215 Å². The van der Waals surface area contributed by atoms with Crippen molar-refractivity contribution in [2.75, 3.05) is 0 Å². The topological polar surface area (TPSA) is 107 Å². The van der Waals surface area contributed by atoms with Crippen molar-refractivity contribution in [3.8, 4) is 0 Å². The van der Waals surface area contributed by atoms with Gasteiger partial charge in [0, 0.05) is 6.42 Å². The molecule has 0 amide bonds. The summed E-state index contributed by atoms with van der Waals surface area (Å²) in [6.07, 6.45) is 1.39. The first-order chi connectivity index (χ1) is 16.4. The van der Waals surface area contributed by atoms with Crippen molar-refractivity contribution in [2.45, 2.75) is 95.2 Å². The number of aliphatic imine (C=N–C) groups is 1. The van der Waals surface area contributed by atoms with E-state index in [0.29, 0.717) is 5.76 Å². The van der Waals surface area contributed by atoms with E-state index in [1.165, 1.54) is 18.4 Å². The van der Waals surface area contributed by atoms with Crippen LogP contribution in [0.3, 0.4) is 0 Å². The van der Waals surface area contributed by atoms with Gasteiger partial charge in [0.2, 0.25) is 0 Å². The second-order valence-corrected chi connectivity index (χ2v) is 18.2. The number of carbonyl (C=O) groups excluding carboxylic acids is 1. The predicted molar refractivity (Wildman–Crippen MR) is 142 cm³/mol. The summed E-state index contributed by atoms with van der Waals surface area (Å²) in [7, 11) is -6.53. The Bertz CT molecular complexity index is 1220. The van der Waals surface area contributed by atoms with Gasteiger partial charge in [-0.15, -0.1) is 0 Å². The fourth-order valence-corrected chi connectivity index (χ4v) is 6.21. The van der Waals surface area contributed by atoms with Crippen LogP contribution in [0.2, 0.25) is 18.1 Å². The molecule has 2 heterocycles. The lowest BCUT2D eigenvalue weighted by molar-refractivity contribution is -0.176. The van der Waals surface area contributed by atoms with Crippen LogP contribution in [-0.4, -0.2) is 39.7 Å². The number of ether oxygens (including phenoxy) is 1. The average Bonchev–Trinajstić information content (AvgIpc) is 3.34. The summed E-state index contributed by atoms with van der Waals surface area (Å²) in [5.41, 5.74) is -1.45. The third kappa shape index (κ3) is 5.92. The maximum absolute atomic E-state index is 13.9. The molecule has 0 radical (unpaired) electrons. The van der Waals surface area contributed by atoms with Crippen molar-refractivity contribution in [2.24, 2.45) is 4.99 Å². The van der Waals surface area contributed by atoms with E-state index in [4.69, 9.17) is 13.6 Å². The van der Waals surface area contributed by atoms with Gasteiger partial charge in [0.25, 0.3) is 10.0 Å². The van der Waals surface area contributed by atoms with Crippen LogP contribution in [0.15, 0.2) is 57.0 Å². The molecule has 0 saturated carbocycles. The summed E-state index contributed by atoms with van der Waals surface area (Å²) in [4.78, 5) is 18.7.